The van der Waals surface area contributed by atoms with E-state index in [4.69, 9.17) is 13.6 Å². The highest BCUT2D eigenvalue weighted by molar-refractivity contribution is 5.83. The molecule has 1 aromatic carbocycles. The lowest BCUT2D eigenvalue weighted by molar-refractivity contribution is -0.127. The number of para-hydroxylation sites is 2. The molecule has 128 valence electrons. The third-order valence-corrected chi connectivity index (χ3v) is 3.93. The number of aromatic nitrogens is 2. The lowest BCUT2D eigenvalue weighted by atomic mass is 10.2. The molecule has 4 rings (SSSR count). The second-order valence-electron chi connectivity index (χ2n) is 5.55. The minimum absolute atomic E-state index is 0.179. The number of benzene rings is 1. The molecule has 0 unspecified atom stereocenters. The number of likely N-dealkylation sites (N-methyl/N-ethyl adjacent to an activating group) is 1. The van der Waals surface area contributed by atoms with Crippen LogP contribution in [0.1, 0.15) is 5.89 Å². The maximum Gasteiger partial charge on any atom is 0.283 e. The van der Waals surface area contributed by atoms with E-state index in [2.05, 4.69) is 15.5 Å². The van der Waals surface area contributed by atoms with Crippen molar-refractivity contribution < 1.29 is 18.4 Å². The summed E-state index contributed by atoms with van der Waals surface area (Å²) < 4.78 is 16.7. The van der Waals surface area contributed by atoms with Crippen molar-refractivity contribution in [3.05, 3.63) is 48.6 Å². The van der Waals surface area contributed by atoms with Crippen LogP contribution >= 0.6 is 0 Å². The van der Waals surface area contributed by atoms with Crippen LogP contribution in [0.25, 0.3) is 11.7 Å². The maximum atomic E-state index is 12.0. The molecule has 25 heavy (non-hydrogen) atoms. The average Bonchev–Trinajstić information content (AvgIpc) is 3.32. The summed E-state index contributed by atoms with van der Waals surface area (Å²) in [5.41, 5.74) is 0.875. The van der Waals surface area contributed by atoms with E-state index in [0.29, 0.717) is 36.4 Å². The minimum Gasteiger partial charge on any atom is -0.477 e. The van der Waals surface area contributed by atoms with Gasteiger partial charge in [-0.15, -0.1) is 10.2 Å². The first-order valence-electron chi connectivity index (χ1n) is 7.83. The number of hydrogen-bond acceptors (Lipinski definition) is 7. The monoisotopic (exact) mass is 340 g/mol. The van der Waals surface area contributed by atoms with Gasteiger partial charge in [0.15, 0.2) is 11.9 Å². The van der Waals surface area contributed by atoms with Crippen LogP contribution in [-0.2, 0) is 11.3 Å². The largest absolute Gasteiger partial charge is 0.477 e. The number of amides is 1. The highest BCUT2D eigenvalue weighted by Crippen LogP contribution is 2.34. The molecule has 1 N–H and O–H groups in total. The third kappa shape index (κ3) is 2.93. The van der Waals surface area contributed by atoms with Gasteiger partial charge in [0.2, 0.25) is 5.89 Å². The Bertz CT molecular complexity index is 874. The number of carbonyl (C=O) groups excluding carboxylic acids is 1. The van der Waals surface area contributed by atoms with Crippen molar-refractivity contribution in [1.29, 1.82) is 0 Å². The highest BCUT2D eigenvalue weighted by atomic mass is 16.5. The number of nitrogens with zero attached hydrogens (tertiary/aromatic N) is 3. The standard InChI is InChI=1S/C17H16N4O4/c1-18-16(22)14-9-21(11-5-2-3-6-12(11)24-14)10-15-19-20-17(25-15)13-7-4-8-23-13/h2-8,14H,9-10H2,1H3,(H,18,22)/t14-/m0/s1. The van der Waals surface area contributed by atoms with Crippen molar-refractivity contribution in [3.8, 4) is 17.4 Å². The van der Waals surface area contributed by atoms with Crippen molar-refractivity contribution in [2.75, 3.05) is 18.5 Å². The zero-order valence-corrected chi connectivity index (χ0v) is 13.5. The molecule has 0 spiro atoms. The van der Waals surface area contributed by atoms with E-state index in [-0.39, 0.29) is 5.91 Å². The van der Waals surface area contributed by atoms with Gasteiger partial charge in [0.05, 0.1) is 25.0 Å². The third-order valence-electron chi connectivity index (χ3n) is 3.93. The van der Waals surface area contributed by atoms with E-state index in [9.17, 15) is 4.79 Å². The fourth-order valence-corrected chi connectivity index (χ4v) is 2.73. The lowest BCUT2D eigenvalue weighted by Gasteiger charge is -2.34. The summed E-state index contributed by atoms with van der Waals surface area (Å²) >= 11 is 0. The van der Waals surface area contributed by atoms with Crippen LogP contribution in [0.4, 0.5) is 5.69 Å². The number of nitrogens with one attached hydrogen (secondary N) is 1. The molecule has 0 saturated carbocycles. The molecule has 0 radical (unpaired) electrons. The Balaban J connectivity index is 1.59. The van der Waals surface area contributed by atoms with E-state index in [0.717, 1.165) is 5.69 Å². The second kappa shape index (κ2) is 6.31. The van der Waals surface area contributed by atoms with Crippen molar-refractivity contribution >= 4 is 11.6 Å². The van der Waals surface area contributed by atoms with E-state index >= 15 is 0 Å². The first-order chi connectivity index (χ1) is 12.2. The summed E-state index contributed by atoms with van der Waals surface area (Å²) in [4.78, 5) is 14.0. The summed E-state index contributed by atoms with van der Waals surface area (Å²) in [5, 5.41) is 10.7. The number of anilines is 1. The Morgan fingerprint density at radius 1 is 1.28 bits per heavy atom. The van der Waals surface area contributed by atoms with E-state index in [1.165, 1.54) is 0 Å². The van der Waals surface area contributed by atoms with Crippen molar-refractivity contribution in [2.45, 2.75) is 12.6 Å². The van der Waals surface area contributed by atoms with Crippen molar-refractivity contribution in [1.82, 2.24) is 15.5 Å². The number of fused-ring (bicyclic) bond motifs is 1. The van der Waals surface area contributed by atoms with Crippen LogP contribution < -0.4 is 15.0 Å². The maximum absolute atomic E-state index is 12.0. The van der Waals surface area contributed by atoms with Gasteiger partial charge in [0.1, 0.15) is 5.75 Å². The second-order valence-corrected chi connectivity index (χ2v) is 5.55. The normalized spacial score (nSPS) is 16.2. The van der Waals surface area contributed by atoms with Gasteiger partial charge in [-0.25, -0.2) is 0 Å². The van der Waals surface area contributed by atoms with Crippen LogP contribution in [0, 0.1) is 0 Å². The molecule has 8 heteroatoms. The van der Waals surface area contributed by atoms with Crippen LogP contribution in [0.3, 0.4) is 0 Å². The van der Waals surface area contributed by atoms with Crippen molar-refractivity contribution in [3.63, 3.8) is 0 Å². The summed E-state index contributed by atoms with van der Waals surface area (Å²) in [6.45, 7) is 0.747. The predicted molar refractivity (Wildman–Crippen MR) is 88.0 cm³/mol. The summed E-state index contributed by atoms with van der Waals surface area (Å²) in [6.07, 6.45) is 0.943. The van der Waals surface area contributed by atoms with Crippen LogP contribution in [0.2, 0.25) is 0 Å². The van der Waals surface area contributed by atoms with Gasteiger partial charge in [-0.1, -0.05) is 12.1 Å². The molecule has 1 amide bonds. The Hall–Kier alpha value is -3.29. The van der Waals surface area contributed by atoms with Crippen LogP contribution in [0.5, 0.6) is 5.75 Å². The molecule has 0 aliphatic carbocycles. The Morgan fingerprint density at radius 2 is 2.16 bits per heavy atom. The van der Waals surface area contributed by atoms with E-state index < -0.39 is 6.10 Å². The summed E-state index contributed by atoms with van der Waals surface area (Å²) in [7, 11) is 1.59. The fraction of sp³-hybridized carbons (Fsp3) is 0.235. The molecule has 1 aliphatic heterocycles. The summed E-state index contributed by atoms with van der Waals surface area (Å²) in [6, 6.07) is 11.1. The quantitative estimate of drug-likeness (QED) is 0.774. The van der Waals surface area contributed by atoms with Gasteiger partial charge < -0.3 is 23.8 Å². The molecular formula is C17H16N4O4. The van der Waals surface area contributed by atoms with Gasteiger partial charge in [-0.3, -0.25) is 4.79 Å². The molecular weight excluding hydrogens is 324 g/mol. The zero-order valence-electron chi connectivity index (χ0n) is 13.5. The first-order valence-corrected chi connectivity index (χ1v) is 7.83. The molecule has 0 saturated heterocycles. The van der Waals surface area contributed by atoms with Crippen LogP contribution in [0.15, 0.2) is 51.5 Å². The molecule has 2 aromatic heterocycles. The van der Waals surface area contributed by atoms with Crippen LogP contribution in [-0.4, -0.2) is 35.8 Å². The topological polar surface area (TPSA) is 93.6 Å². The Kier molecular flexibility index (Phi) is 3.85. The first kappa shape index (κ1) is 15.3. The minimum atomic E-state index is -0.604. The fourth-order valence-electron chi connectivity index (χ4n) is 2.73. The number of ether oxygens (including phenoxy) is 1. The van der Waals surface area contributed by atoms with E-state index in [1.54, 1.807) is 25.4 Å². The Labute approximate surface area is 143 Å². The van der Waals surface area contributed by atoms with Crippen molar-refractivity contribution in [2.24, 2.45) is 0 Å². The molecule has 8 nitrogen and oxygen atoms in total. The number of rotatable bonds is 4. The highest BCUT2D eigenvalue weighted by Gasteiger charge is 2.31. The van der Waals surface area contributed by atoms with Gasteiger partial charge in [0, 0.05) is 7.05 Å². The predicted octanol–water partition coefficient (Wildman–Crippen LogP) is 1.84. The number of furan rings is 1. The van der Waals surface area contributed by atoms with Gasteiger partial charge >= 0.3 is 0 Å². The van der Waals surface area contributed by atoms with Gasteiger partial charge in [-0.2, -0.15) is 0 Å². The number of hydrogen-bond donors (Lipinski definition) is 1. The smallest absolute Gasteiger partial charge is 0.283 e. The molecule has 0 bridgehead atoms. The van der Waals surface area contributed by atoms with E-state index in [1.807, 2.05) is 29.2 Å². The number of carbonyl (C=O) groups is 1. The molecule has 0 fully saturated rings. The zero-order chi connectivity index (χ0) is 17.2. The molecule has 3 heterocycles. The molecule has 3 aromatic rings. The van der Waals surface area contributed by atoms with Gasteiger partial charge in [0.25, 0.3) is 11.8 Å². The molecule has 1 atom stereocenters. The lowest BCUT2D eigenvalue weighted by Crippen LogP contribution is -2.48. The average molecular weight is 340 g/mol. The molecule has 1 aliphatic rings. The SMILES string of the molecule is CNC(=O)[C@@H]1CN(Cc2nnc(-c3ccco3)o2)c2ccccc2O1. The Morgan fingerprint density at radius 3 is 2.96 bits per heavy atom. The summed E-state index contributed by atoms with van der Waals surface area (Å²) in [5.74, 6) is 1.74. The van der Waals surface area contributed by atoms with Gasteiger partial charge in [-0.05, 0) is 24.3 Å².